The Morgan fingerprint density at radius 1 is 1.20 bits per heavy atom. The minimum Gasteiger partial charge on any atom is -0.398 e. The average molecular weight is 315 g/mol. The van der Waals surface area contributed by atoms with E-state index in [9.17, 15) is 12.8 Å². The minimum atomic E-state index is -3.84. The van der Waals surface area contributed by atoms with Crippen LogP contribution in [0.5, 0.6) is 0 Å². The molecule has 3 N–H and O–H groups in total. The van der Waals surface area contributed by atoms with Gasteiger partial charge in [0, 0.05) is 10.7 Å². The van der Waals surface area contributed by atoms with Crippen molar-refractivity contribution in [3.05, 3.63) is 52.8 Å². The van der Waals surface area contributed by atoms with Crippen LogP contribution < -0.4 is 10.5 Å². The maximum atomic E-state index is 13.2. The third-order valence-electron chi connectivity index (χ3n) is 2.68. The van der Waals surface area contributed by atoms with Crippen molar-refractivity contribution in [2.24, 2.45) is 0 Å². The molecule has 7 heteroatoms. The van der Waals surface area contributed by atoms with Gasteiger partial charge in [-0.3, -0.25) is 4.72 Å². The zero-order chi connectivity index (χ0) is 14.9. The van der Waals surface area contributed by atoms with Crippen LogP contribution in [0.3, 0.4) is 0 Å². The number of benzene rings is 2. The Kier molecular flexibility index (Phi) is 3.87. The van der Waals surface area contributed by atoms with Gasteiger partial charge in [-0.15, -0.1) is 0 Å². The molecule has 4 nitrogen and oxygen atoms in total. The van der Waals surface area contributed by atoms with Gasteiger partial charge in [0.05, 0.1) is 10.6 Å². The fourth-order valence-corrected chi connectivity index (χ4v) is 2.91. The van der Waals surface area contributed by atoms with E-state index in [1.807, 2.05) is 0 Å². The summed E-state index contributed by atoms with van der Waals surface area (Å²) >= 11 is 5.68. The van der Waals surface area contributed by atoms with E-state index in [0.717, 1.165) is 17.7 Å². The van der Waals surface area contributed by atoms with E-state index < -0.39 is 15.8 Å². The second kappa shape index (κ2) is 5.30. The molecule has 0 aromatic heterocycles. The maximum absolute atomic E-state index is 13.2. The fourth-order valence-electron chi connectivity index (χ4n) is 1.61. The van der Waals surface area contributed by atoms with E-state index in [-0.39, 0.29) is 15.6 Å². The predicted molar refractivity (Wildman–Crippen MR) is 77.8 cm³/mol. The van der Waals surface area contributed by atoms with Gasteiger partial charge in [0.25, 0.3) is 10.0 Å². The van der Waals surface area contributed by atoms with E-state index in [2.05, 4.69) is 4.72 Å². The van der Waals surface area contributed by atoms with Crippen molar-refractivity contribution in [1.29, 1.82) is 0 Å². The van der Waals surface area contributed by atoms with E-state index in [1.165, 1.54) is 18.2 Å². The monoisotopic (exact) mass is 314 g/mol. The first-order chi connectivity index (χ1) is 9.28. The standard InChI is InChI=1S/C13H12ClFN2O2S/c1-8-2-3-12(7-13(8)16)20(18,19)17-11-5-9(14)4-10(15)6-11/h2-7,17H,16H2,1H3. The van der Waals surface area contributed by atoms with Crippen LogP contribution in [-0.2, 0) is 10.0 Å². The summed E-state index contributed by atoms with van der Waals surface area (Å²) < 4.78 is 39.7. The highest BCUT2D eigenvalue weighted by Gasteiger charge is 2.15. The number of nitrogens with two attached hydrogens (primary N) is 1. The van der Waals surface area contributed by atoms with E-state index >= 15 is 0 Å². The molecule has 2 aromatic carbocycles. The highest BCUT2D eigenvalue weighted by molar-refractivity contribution is 7.92. The number of nitrogen functional groups attached to an aromatic ring is 1. The Morgan fingerprint density at radius 2 is 1.90 bits per heavy atom. The Bertz CT molecular complexity index is 743. The molecule has 0 heterocycles. The number of hydrogen-bond acceptors (Lipinski definition) is 3. The van der Waals surface area contributed by atoms with Gasteiger partial charge in [0.2, 0.25) is 0 Å². The van der Waals surface area contributed by atoms with Gasteiger partial charge < -0.3 is 5.73 Å². The third kappa shape index (κ3) is 3.20. The van der Waals surface area contributed by atoms with Crippen LogP contribution in [0.15, 0.2) is 41.3 Å². The topological polar surface area (TPSA) is 72.2 Å². The Balaban J connectivity index is 2.37. The van der Waals surface area contributed by atoms with Crippen LogP contribution in [0.2, 0.25) is 5.02 Å². The molecule has 0 amide bonds. The summed E-state index contributed by atoms with van der Waals surface area (Å²) in [5.41, 5.74) is 6.88. The van der Waals surface area contributed by atoms with Gasteiger partial charge in [0.15, 0.2) is 0 Å². The predicted octanol–water partition coefficient (Wildman–Crippen LogP) is 3.17. The van der Waals surface area contributed by atoms with E-state index in [4.69, 9.17) is 17.3 Å². The van der Waals surface area contributed by atoms with Crippen LogP contribution in [0.1, 0.15) is 5.56 Å². The zero-order valence-electron chi connectivity index (χ0n) is 10.5. The smallest absolute Gasteiger partial charge is 0.261 e. The summed E-state index contributed by atoms with van der Waals surface area (Å²) in [6.07, 6.45) is 0. The molecule has 2 aromatic rings. The molecule has 106 valence electrons. The van der Waals surface area contributed by atoms with Crippen molar-refractivity contribution in [1.82, 2.24) is 0 Å². The lowest BCUT2D eigenvalue weighted by atomic mass is 10.2. The number of rotatable bonds is 3. The quantitative estimate of drug-likeness (QED) is 0.855. The summed E-state index contributed by atoms with van der Waals surface area (Å²) in [5, 5.41) is 0.103. The molecular formula is C13H12ClFN2O2S. The molecule has 0 aliphatic heterocycles. The largest absolute Gasteiger partial charge is 0.398 e. The van der Waals surface area contributed by atoms with Crippen LogP contribution in [0.4, 0.5) is 15.8 Å². The molecule has 0 fully saturated rings. The fraction of sp³-hybridized carbons (Fsp3) is 0.0769. The second-order valence-corrected chi connectivity index (χ2v) is 6.40. The van der Waals surface area contributed by atoms with Gasteiger partial charge in [-0.25, -0.2) is 12.8 Å². The molecule has 0 saturated carbocycles. The third-order valence-corrected chi connectivity index (χ3v) is 4.27. The van der Waals surface area contributed by atoms with Crippen molar-refractivity contribution in [3.8, 4) is 0 Å². The maximum Gasteiger partial charge on any atom is 0.261 e. The zero-order valence-corrected chi connectivity index (χ0v) is 12.1. The Hall–Kier alpha value is -1.79. The van der Waals surface area contributed by atoms with Crippen molar-refractivity contribution >= 4 is 33.0 Å². The summed E-state index contributed by atoms with van der Waals surface area (Å²) in [6.45, 7) is 1.77. The van der Waals surface area contributed by atoms with Crippen LogP contribution >= 0.6 is 11.6 Å². The lowest BCUT2D eigenvalue weighted by Gasteiger charge is -2.10. The highest BCUT2D eigenvalue weighted by atomic mass is 35.5. The number of sulfonamides is 1. The molecule has 0 aliphatic rings. The van der Waals surface area contributed by atoms with Gasteiger partial charge in [0.1, 0.15) is 5.82 Å². The van der Waals surface area contributed by atoms with Gasteiger partial charge in [-0.1, -0.05) is 17.7 Å². The lowest BCUT2D eigenvalue weighted by Crippen LogP contribution is -2.13. The molecular weight excluding hydrogens is 303 g/mol. The molecule has 20 heavy (non-hydrogen) atoms. The van der Waals surface area contributed by atoms with Gasteiger partial charge >= 0.3 is 0 Å². The summed E-state index contributed by atoms with van der Waals surface area (Å²) in [7, 11) is -3.84. The molecule has 0 spiro atoms. The van der Waals surface area contributed by atoms with Gasteiger partial charge in [-0.2, -0.15) is 0 Å². The first-order valence-corrected chi connectivity index (χ1v) is 7.49. The SMILES string of the molecule is Cc1ccc(S(=O)(=O)Nc2cc(F)cc(Cl)c2)cc1N. The van der Waals surface area contributed by atoms with Crippen molar-refractivity contribution in [2.45, 2.75) is 11.8 Å². The summed E-state index contributed by atoms with van der Waals surface area (Å²) in [6, 6.07) is 7.82. The van der Waals surface area contributed by atoms with Gasteiger partial charge in [-0.05, 0) is 42.8 Å². The van der Waals surface area contributed by atoms with Crippen LogP contribution in [0.25, 0.3) is 0 Å². The Labute approximate surface area is 121 Å². The first kappa shape index (κ1) is 14.6. The normalized spacial score (nSPS) is 11.3. The molecule has 0 aliphatic carbocycles. The van der Waals surface area contributed by atoms with Crippen LogP contribution in [0, 0.1) is 12.7 Å². The molecule has 0 radical (unpaired) electrons. The minimum absolute atomic E-state index is 0.000911. The molecule has 0 atom stereocenters. The number of aryl methyl sites for hydroxylation is 1. The van der Waals surface area contributed by atoms with E-state index in [1.54, 1.807) is 13.0 Å². The number of nitrogens with one attached hydrogen (secondary N) is 1. The molecule has 2 rings (SSSR count). The highest BCUT2D eigenvalue weighted by Crippen LogP contribution is 2.23. The van der Waals surface area contributed by atoms with Crippen molar-refractivity contribution in [3.63, 3.8) is 0 Å². The summed E-state index contributed by atoms with van der Waals surface area (Å²) in [5.74, 6) is -0.626. The number of anilines is 2. The number of halogens is 2. The second-order valence-electron chi connectivity index (χ2n) is 4.28. The lowest BCUT2D eigenvalue weighted by molar-refractivity contribution is 0.601. The van der Waals surface area contributed by atoms with Crippen molar-refractivity contribution in [2.75, 3.05) is 10.5 Å². The average Bonchev–Trinajstić information content (AvgIpc) is 2.30. The summed E-state index contributed by atoms with van der Waals surface area (Å²) in [4.78, 5) is 0.000911. The number of hydrogen-bond donors (Lipinski definition) is 2. The van der Waals surface area contributed by atoms with Crippen molar-refractivity contribution < 1.29 is 12.8 Å². The Morgan fingerprint density at radius 3 is 2.50 bits per heavy atom. The molecule has 0 saturated heterocycles. The molecule has 0 unspecified atom stereocenters. The first-order valence-electron chi connectivity index (χ1n) is 5.63. The van der Waals surface area contributed by atoms with E-state index in [0.29, 0.717) is 5.69 Å². The molecule has 0 bridgehead atoms. The van der Waals surface area contributed by atoms with Crippen LogP contribution in [-0.4, -0.2) is 8.42 Å².